The van der Waals surface area contributed by atoms with E-state index in [1.807, 2.05) is 12.1 Å². The molecule has 0 heterocycles. The van der Waals surface area contributed by atoms with Gasteiger partial charge < -0.3 is 0 Å². The van der Waals surface area contributed by atoms with Crippen molar-refractivity contribution < 1.29 is 0 Å². The summed E-state index contributed by atoms with van der Waals surface area (Å²) in [6.07, 6.45) is 4.32. The summed E-state index contributed by atoms with van der Waals surface area (Å²) in [5, 5.41) is 1.19. The fourth-order valence-electron chi connectivity index (χ4n) is 3.01. The van der Waals surface area contributed by atoms with Gasteiger partial charge >= 0.3 is 0 Å². The topological polar surface area (TPSA) is 38.0 Å². The zero-order valence-corrected chi connectivity index (χ0v) is 13.2. The summed E-state index contributed by atoms with van der Waals surface area (Å²) in [4.78, 5) is 0. The van der Waals surface area contributed by atoms with Crippen LogP contribution >= 0.6 is 23.2 Å². The molecule has 0 aromatic heterocycles. The van der Waals surface area contributed by atoms with E-state index < -0.39 is 0 Å². The summed E-state index contributed by atoms with van der Waals surface area (Å²) < 4.78 is 0. The number of nitrogens with two attached hydrogens (primary N) is 1. The van der Waals surface area contributed by atoms with E-state index in [0.29, 0.717) is 16.5 Å². The first-order valence-corrected chi connectivity index (χ1v) is 7.95. The molecule has 0 fully saturated rings. The largest absolute Gasteiger partial charge is 0.271 e. The van der Waals surface area contributed by atoms with E-state index >= 15 is 0 Å². The summed E-state index contributed by atoms with van der Waals surface area (Å²) in [7, 11) is 0. The number of fused-ring (bicyclic) bond motifs is 1. The van der Waals surface area contributed by atoms with Gasteiger partial charge in [0.25, 0.3) is 0 Å². The highest BCUT2D eigenvalue weighted by molar-refractivity contribution is 6.42. The van der Waals surface area contributed by atoms with Gasteiger partial charge in [-0.1, -0.05) is 53.5 Å². The van der Waals surface area contributed by atoms with Crippen molar-refractivity contribution in [1.29, 1.82) is 0 Å². The summed E-state index contributed by atoms with van der Waals surface area (Å²) >= 11 is 12.4. The molecule has 0 bridgehead atoms. The number of hydrogen-bond acceptors (Lipinski definition) is 2. The van der Waals surface area contributed by atoms with Crippen molar-refractivity contribution in [3.8, 4) is 0 Å². The van der Waals surface area contributed by atoms with Crippen molar-refractivity contribution in [1.82, 2.24) is 5.43 Å². The van der Waals surface area contributed by atoms with Gasteiger partial charge in [0.05, 0.1) is 16.1 Å². The Morgan fingerprint density at radius 1 is 1.10 bits per heavy atom. The van der Waals surface area contributed by atoms with Gasteiger partial charge in [-0.2, -0.15) is 0 Å². The Morgan fingerprint density at radius 3 is 2.71 bits per heavy atom. The maximum absolute atomic E-state index is 6.27. The zero-order chi connectivity index (χ0) is 14.8. The molecule has 4 heteroatoms. The van der Waals surface area contributed by atoms with Crippen LogP contribution in [0.5, 0.6) is 0 Å². The van der Waals surface area contributed by atoms with Crippen LogP contribution in [0.25, 0.3) is 0 Å². The minimum Gasteiger partial charge on any atom is -0.271 e. The van der Waals surface area contributed by atoms with Gasteiger partial charge in [-0.15, -0.1) is 0 Å². The van der Waals surface area contributed by atoms with Crippen molar-refractivity contribution in [2.45, 2.75) is 31.7 Å². The van der Waals surface area contributed by atoms with Crippen molar-refractivity contribution in [2.75, 3.05) is 0 Å². The van der Waals surface area contributed by atoms with Gasteiger partial charge in [0.2, 0.25) is 0 Å². The lowest BCUT2D eigenvalue weighted by atomic mass is 9.96. The Labute approximate surface area is 135 Å². The molecule has 1 atom stereocenters. The molecule has 0 aliphatic heterocycles. The quantitative estimate of drug-likeness (QED) is 0.653. The number of halogens is 2. The molecule has 110 valence electrons. The van der Waals surface area contributed by atoms with Gasteiger partial charge in [0.15, 0.2) is 0 Å². The van der Waals surface area contributed by atoms with Crippen molar-refractivity contribution >= 4 is 23.2 Å². The van der Waals surface area contributed by atoms with Gasteiger partial charge in [0.1, 0.15) is 0 Å². The Hall–Kier alpha value is -1.06. The van der Waals surface area contributed by atoms with Gasteiger partial charge in [-0.05, 0) is 54.0 Å². The van der Waals surface area contributed by atoms with Crippen molar-refractivity contribution in [2.24, 2.45) is 5.84 Å². The van der Waals surface area contributed by atoms with Crippen LogP contribution in [0.3, 0.4) is 0 Å². The summed E-state index contributed by atoms with van der Waals surface area (Å²) in [5.74, 6) is 5.76. The average molecular weight is 321 g/mol. The monoisotopic (exact) mass is 320 g/mol. The first-order valence-electron chi connectivity index (χ1n) is 7.19. The standard InChI is InChI=1S/C17H18Cl2N2/c18-15-6-2-5-14(17(15)19)10-16(21-20)13-8-7-11-3-1-4-12(11)9-13/h2,5-9,16,21H,1,3-4,10,20H2. The molecule has 2 aromatic rings. The van der Waals surface area contributed by atoms with E-state index in [-0.39, 0.29) is 6.04 Å². The lowest BCUT2D eigenvalue weighted by Gasteiger charge is -2.18. The summed E-state index contributed by atoms with van der Waals surface area (Å²) in [6, 6.07) is 12.4. The van der Waals surface area contributed by atoms with Gasteiger partial charge in [0, 0.05) is 0 Å². The molecular formula is C17H18Cl2N2. The Balaban J connectivity index is 1.87. The predicted octanol–water partition coefficient (Wildman–Crippen LogP) is 4.23. The molecule has 21 heavy (non-hydrogen) atoms. The van der Waals surface area contributed by atoms with Crippen molar-refractivity contribution in [3.05, 3.63) is 68.7 Å². The van der Waals surface area contributed by atoms with Crippen LogP contribution in [0.4, 0.5) is 0 Å². The van der Waals surface area contributed by atoms with Crippen molar-refractivity contribution in [3.63, 3.8) is 0 Å². The minimum atomic E-state index is 0.0341. The molecule has 2 nitrogen and oxygen atoms in total. The maximum Gasteiger partial charge on any atom is 0.0624 e. The molecule has 0 spiro atoms. The van der Waals surface area contributed by atoms with Crippen LogP contribution in [-0.4, -0.2) is 0 Å². The zero-order valence-electron chi connectivity index (χ0n) is 11.7. The Morgan fingerprint density at radius 2 is 1.90 bits per heavy atom. The Kier molecular flexibility index (Phi) is 4.51. The fraction of sp³-hybridized carbons (Fsp3) is 0.294. The number of hydrazine groups is 1. The smallest absolute Gasteiger partial charge is 0.0624 e. The third-order valence-corrected chi connectivity index (χ3v) is 5.04. The number of hydrogen-bond donors (Lipinski definition) is 2. The van der Waals surface area contributed by atoms with Crippen LogP contribution in [0, 0.1) is 0 Å². The maximum atomic E-state index is 6.27. The first-order chi connectivity index (χ1) is 10.2. The molecule has 2 aromatic carbocycles. The molecule has 0 saturated heterocycles. The molecule has 1 unspecified atom stereocenters. The average Bonchev–Trinajstić information content (AvgIpc) is 2.96. The summed E-state index contributed by atoms with van der Waals surface area (Å²) in [6.45, 7) is 0. The van der Waals surface area contributed by atoms with E-state index in [0.717, 1.165) is 5.56 Å². The molecule has 0 amide bonds. The molecule has 0 radical (unpaired) electrons. The third-order valence-electron chi connectivity index (χ3n) is 4.18. The second kappa shape index (κ2) is 6.37. The molecular weight excluding hydrogens is 303 g/mol. The third kappa shape index (κ3) is 3.09. The minimum absolute atomic E-state index is 0.0341. The molecule has 3 rings (SSSR count). The molecule has 1 aliphatic rings. The predicted molar refractivity (Wildman–Crippen MR) is 88.7 cm³/mol. The highest BCUT2D eigenvalue weighted by atomic mass is 35.5. The van der Waals surface area contributed by atoms with Crippen LogP contribution < -0.4 is 11.3 Å². The molecule has 3 N–H and O–H groups in total. The van der Waals surface area contributed by atoms with Gasteiger partial charge in [-0.3, -0.25) is 11.3 Å². The van der Waals surface area contributed by atoms with Crippen LogP contribution in [0.1, 0.15) is 34.7 Å². The second-order valence-electron chi connectivity index (χ2n) is 5.52. The van der Waals surface area contributed by atoms with E-state index in [9.17, 15) is 0 Å². The van der Waals surface area contributed by atoms with E-state index in [1.54, 1.807) is 6.07 Å². The highest BCUT2D eigenvalue weighted by Gasteiger charge is 2.17. The van der Waals surface area contributed by atoms with E-state index in [2.05, 4.69) is 23.6 Å². The lowest BCUT2D eigenvalue weighted by Crippen LogP contribution is -2.29. The van der Waals surface area contributed by atoms with E-state index in [4.69, 9.17) is 29.0 Å². The SMILES string of the molecule is NNC(Cc1cccc(Cl)c1Cl)c1ccc2c(c1)CCC2. The van der Waals surface area contributed by atoms with Crippen LogP contribution in [0.15, 0.2) is 36.4 Å². The normalized spacial score (nSPS) is 15.0. The number of rotatable bonds is 4. The second-order valence-corrected chi connectivity index (χ2v) is 6.30. The lowest BCUT2D eigenvalue weighted by molar-refractivity contribution is 0.551. The summed E-state index contributed by atoms with van der Waals surface area (Å²) in [5.41, 5.74) is 8.03. The number of nitrogens with one attached hydrogen (secondary N) is 1. The highest BCUT2D eigenvalue weighted by Crippen LogP contribution is 2.31. The number of aryl methyl sites for hydroxylation is 2. The number of benzene rings is 2. The molecule has 1 aliphatic carbocycles. The van der Waals surface area contributed by atoms with Crippen LogP contribution in [0.2, 0.25) is 10.0 Å². The first kappa shape index (κ1) is 14.9. The Bertz CT molecular complexity index is 655. The van der Waals surface area contributed by atoms with Gasteiger partial charge in [-0.25, -0.2) is 0 Å². The van der Waals surface area contributed by atoms with E-state index in [1.165, 1.54) is 36.0 Å². The fourth-order valence-corrected chi connectivity index (χ4v) is 3.40. The van der Waals surface area contributed by atoms with Crippen LogP contribution in [-0.2, 0) is 19.3 Å². The molecule has 0 saturated carbocycles.